The molecule has 2 aliphatic heterocycles. The number of aliphatic carboxylic acids is 1. The van der Waals surface area contributed by atoms with Crippen molar-refractivity contribution in [3.05, 3.63) is 78.1 Å². The Balaban J connectivity index is 0.000000630. The Labute approximate surface area is 282 Å². The molecular weight excluding hydrogens is 669 g/mol. The Kier molecular flexibility index (Phi) is 11.2. The lowest BCUT2D eigenvalue weighted by molar-refractivity contribution is -0.192. The number of methoxy groups -OCH3 is 1. The highest BCUT2D eigenvalue weighted by Gasteiger charge is 2.45. The molecule has 0 aliphatic carbocycles. The molecule has 6 rings (SSSR count). The third-order valence-corrected chi connectivity index (χ3v) is 8.33. The largest absolute Gasteiger partial charge is 0.490 e. The molecule has 50 heavy (non-hydrogen) atoms. The van der Waals surface area contributed by atoms with Gasteiger partial charge in [-0.05, 0) is 11.1 Å². The summed E-state index contributed by atoms with van der Waals surface area (Å²) in [5.41, 5.74) is 2.83. The summed E-state index contributed by atoms with van der Waals surface area (Å²) in [4.78, 5) is 37.1. The molecule has 2 aromatic carbocycles. The fraction of sp³-hybridized carbons (Fsp3) is 0.406. The van der Waals surface area contributed by atoms with E-state index >= 15 is 0 Å². The van der Waals surface area contributed by atoms with Crippen molar-refractivity contribution in [2.75, 3.05) is 37.0 Å². The summed E-state index contributed by atoms with van der Waals surface area (Å²) < 4.78 is 44.0. The first-order chi connectivity index (χ1) is 23.8. The summed E-state index contributed by atoms with van der Waals surface area (Å²) in [5.74, 6) is -2.82. The van der Waals surface area contributed by atoms with E-state index in [-0.39, 0.29) is 30.5 Å². The van der Waals surface area contributed by atoms with Crippen molar-refractivity contribution < 1.29 is 57.8 Å². The Hall–Kier alpha value is -4.88. The Morgan fingerprint density at radius 1 is 1.02 bits per heavy atom. The molecular formula is C32H35F3N6O9. The van der Waals surface area contributed by atoms with Gasteiger partial charge in [0.15, 0.2) is 23.2 Å². The third kappa shape index (κ3) is 7.79. The van der Waals surface area contributed by atoms with Crippen LogP contribution in [0.15, 0.2) is 67.0 Å². The molecule has 4 heterocycles. The van der Waals surface area contributed by atoms with Crippen molar-refractivity contribution in [2.24, 2.45) is 0 Å². The molecule has 2 aliphatic rings. The highest BCUT2D eigenvalue weighted by Crippen LogP contribution is 2.35. The number of carboxylic acid groups (broad SMARTS) is 1. The van der Waals surface area contributed by atoms with E-state index < -0.39 is 61.4 Å². The van der Waals surface area contributed by atoms with Crippen molar-refractivity contribution >= 4 is 34.9 Å². The normalized spacial score (nSPS) is 23.5. The number of fused-ring (bicyclic) bond motifs is 1. The number of hydrogen-bond acceptors (Lipinski definition) is 13. The van der Waals surface area contributed by atoms with Crippen LogP contribution in [0.25, 0.3) is 11.2 Å². The predicted molar refractivity (Wildman–Crippen MR) is 169 cm³/mol. The van der Waals surface area contributed by atoms with E-state index in [2.05, 4.69) is 34.6 Å². The van der Waals surface area contributed by atoms with Gasteiger partial charge in [-0.25, -0.2) is 14.6 Å². The van der Waals surface area contributed by atoms with Crippen LogP contribution in [0.3, 0.4) is 0 Å². The molecule has 0 bridgehead atoms. The number of aliphatic hydroxyl groups is 4. The number of carboxylic acids is 1. The Bertz CT molecular complexity index is 1730. The van der Waals surface area contributed by atoms with E-state index in [0.29, 0.717) is 17.9 Å². The summed E-state index contributed by atoms with van der Waals surface area (Å²) in [7, 11) is 1.28. The number of benzene rings is 2. The number of β-amino-alcohol motifs (C(OH)–C–C–N with tert-alkyl or cyclic N) is 1. The fourth-order valence-electron chi connectivity index (χ4n) is 5.84. The number of aromatic nitrogens is 4. The smallest absolute Gasteiger partial charge is 0.475 e. The van der Waals surface area contributed by atoms with Gasteiger partial charge in [0, 0.05) is 25.4 Å². The highest BCUT2D eigenvalue weighted by atomic mass is 19.4. The standard InChI is InChI=1S/C30H34N6O7.C2HF3O2/c1-42-29(41)21-12-19(38)14-35(21)30-33-26(31-13-20(17-8-4-2-5-9-17)18-10-6-3-7-11-18)23-27(34-30)36(16-32-23)28-25(40)24(39)22(15-37)43-28;3-2(4,5)1(6)7/h2-11,16,19-22,24-25,28,37-40H,12-15H2,1H3,(H,31,33,34);(H,6,7)/t19-,21+,22-,24-,25?,28-;/m1./s1. The van der Waals surface area contributed by atoms with Gasteiger partial charge in [0.25, 0.3) is 0 Å². The number of nitrogens with zero attached hydrogens (tertiary/aromatic N) is 5. The molecule has 2 aromatic heterocycles. The summed E-state index contributed by atoms with van der Waals surface area (Å²) in [6, 6.07) is 19.3. The lowest BCUT2D eigenvalue weighted by atomic mass is 9.91. The number of esters is 1. The van der Waals surface area contributed by atoms with Crippen LogP contribution in [0.5, 0.6) is 0 Å². The molecule has 0 amide bonds. The number of carbonyl (C=O) groups excluding carboxylic acids is 1. The molecule has 6 atom stereocenters. The minimum atomic E-state index is -5.08. The van der Waals surface area contributed by atoms with Gasteiger partial charge in [0.05, 0.1) is 26.1 Å². The number of alkyl halides is 3. The zero-order valence-electron chi connectivity index (χ0n) is 26.5. The van der Waals surface area contributed by atoms with E-state index in [1.54, 1.807) is 4.90 Å². The van der Waals surface area contributed by atoms with Crippen molar-refractivity contribution in [3.63, 3.8) is 0 Å². The maximum absolute atomic E-state index is 12.6. The van der Waals surface area contributed by atoms with Gasteiger partial charge in [0.2, 0.25) is 5.95 Å². The summed E-state index contributed by atoms with van der Waals surface area (Å²) in [5, 5.41) is 51.8. The average Bonchev–Trinajstić information content (AvgIpc) is 3.80. The minimum absolute atomic E-state index is 0.0465. The summed E-state index contributed by atoms with van der Waals surface area (Å²) in [6.45, 7) is 0.0495. The number of halogens is 3. The lowest BCUT2D eigenvalue weighted by Crippen LogP contribution is -2.38. The molecule has 18 heteroatoms. The van der Waals surface area contributed by atoms with Gasteiger partial charge in [0.1, 0.15) is 24.4 Å². The van der Waals surface area contributed by atoms with Gasteiger partial charge in [-0.3, -0.25) is 4.57 Å². The number of ether oxygens (including phenoxy) is 2. The first kappa shape index (κ1) is 36.4. The van der Waals surface area contributed by atoms with Gasteiger partial charge < -0.3 is 45.2 Å². The SMILES string of the molecule is COC(=O)[C@@H]1C[C@@H](O)CN1c1nc(NCC(c2ccccc2)c2ccccc2)c2ncn([C@@H]3O[C@H](CO)[C@@H](O)C3O)c2n1.O=C(O)C(F)(F)F. The quantitative estimate of drug-likeness (QED) is 0.136. The first-order valence-corrected chi connectivity index (χ1v) is 15.4. The first-order valence-electron chi connectivity index (χ1n) is 15.4. The van der Waals surface area contributed by atoms with Crippen LogP contribution in [-0.2, 0) is 19.1 Å². The number of nitrogens with one attached hydrogen (secondary N) is 1. The van der Waals surface area contributed by atoms with Crippen molar-refractivity contribution in [1.82, 2.24) is 19.5 Å². The summed E-state index contributed by atoms with van der Waals surface area (Å²) in [6.07, 6.45) is -9.07. The minimum Gasteiger partial charge on any atom is -0.475 e. The summed E-state index contributed by atoms with van der Waals surface area (Å²) >= 11 is 0. The second-order valence-electron chi connectivity index (χ2n) is 11.6. The van der Waals surface area contributed by atoms with E-state index in [1.807, 2.05) is 36.4 Å². The molecule has 6 N–H and O–H groups in total. The van der Waals surface area contributed by atoms with Crippen LogP contribution in [0.1, 0.15) is 29.7 Å². The van der Waals surface area contributed by atoms with Crippen LogP contribution in [0.4, 0.5) is 24.9 Å². The molecule has 4 aromatic rings. The fourth-order valence-corrected chi connectivity index (χ4v) is 5.84. The molecule has 2 saturated heterocycles. The number of rotatable bonds is 9. The van der Waals surface area contributed by atoms with Crippen molar-refractivity contribution in [3.8, 4) is 0 Å². The number of anilines is 2. The number of carbonyl (C=O) groups is 2. The maximum Gasteiger partial charge on any atom is 0.490 e. The van der Waals surface area contributed by atoms with Crippen molar-refractivity contribution in [2.45, 2.75) is 55.2 Å². The highest BCUT2D eigenvalue weighted by molar-refractivity contribution is 5.86. The lowest BCUT2D eigenvalue weighted by Gasteiger charge is -2.24. The monoisotopic (exact) mass is 704 g/mol. The van der Waals surface area contributed by atoms with Crippen molar-refractivity contribution in [1.29, 1.82) is 0 Å². The Morgan fingerprint density at radius 2 is 1.62 bits per heavy atom. The topological polar surface area (TPSA) is 213 Å². The molecule has 15 nitrogen and oxygen atoms in total. The molecule has 268 valence electrons. The predicted octanol–water partition coefficient (Wildman–Crippen LogP) is 1.43. The van der Waals surface area contributed by atoms with Gasteiger partial charge >= 0.3 is 18.1 Å². The van der Waals surface area contributed by atoms with Crippen LogP contribution < -0.4 is 10.2 Å². The van der Waals surface area contributed by atoms with Gasteiger partial charge in [-0.15, -0.1) is 0 Å². The second kappa shape index (κ2) is 15.3. The number of hydrogen-bond donors (Lipinski definition) is 6. The zero-order valence-corrected chi connectivity index (χ0v) is 26.5. The second-order valence-corrected chi connectivity index (χ2v) is 11.6. The maximum atomic E-state index is 12.6. The van der Waals surface area contributed by atoms with E-state index in [4.69, 9.17) is 29.3 Å². The van der Waals surface area contributed by atoms with Crippen LogP contribution >= 0.6 is 0 Å². The number of imidazole rings is 1. The molecule has 0 radical (unpaired) electrons. The Morgan fingerprint density at radius 3 is 2.14 bits per heavy atom. The van der Waals surface area contributed by atoms with E-state index in [9.17, 15) is 38.4 Å². The van der Waals surface area contributed by atoms with Gasteiger partial charge in [-0.2, -0.15) is 23.1 Å². The van der Waals surface area contributed by atoms with Crippen LogP contribution in [0, 0.1) is 0 Å². The molecule has 2 fully saturated rings. The number of aliphatic hydroxyl groups excluding tert-OH is 4. The molecule has 0 spiro atoms. The van der Waals surface area contributed by atoms with E-state index in [1.165, 1.54) is 18.0 Å². The third-order valence-electron chi connectivity index (χ3n) is 8.33. The van der Waals surface area contributed by atoms with Crippen LogP contribution in [-0.4, -0.2) is 120 Å². The van der Waals surface area contributed by atoms with Gasteiger partial charge in [-0.1, -0.05) is 60.7 Å². The average molecular weight is 705 g/mol. The molecule has 0 saturated carbocycles. The van der Waals surface area contributed by atoms with E-state index in [0.717, 1.165) is 11.1 Å². The van der Waals surface area contributed by atoms with Crippen LogP contribution in [0.2, 0.25) is 0 Å². The molecule has 1 unspecified atom stereocenters. The zero-order chi connectivity index (χ0) is 36.2.